The van der Waals surface area contributed by atoms with Gasteiger partial charge in [0, 0.05) is 41.6 Å². The lowest BCUT2D eigenvalue weighted by atomic mass is 10.1. The number of H-pyrrole nitrogens is 1. The number of benzene rings is 4. The Labute approximate surface area is 233 Å². The highest BCUT2D eigenvalue weighted by atomic mass is 19.1. The molecule has 3 amide bonds. The van der Waals surface area contributed by atoms with Gasteiger partial charge >= 0.3 is 6.03 Å². The summed E-state index contributed by atoms with van der Waals surface area (Å²) < 4.78 is 13.6. The van der Waals surface area contributed by atoms with E-state index in [0.29, 0.717) is 25.2 Å². The molecule has 6 nitrogen and oxygen atoms in total. The minimum absolute atomic E-state index is 0.0800. The van der Waals surface area contributed by atoms with Crippen LogP contribution in [0, 0.1) is 5.82 Å². The quantitative estimate of drug-likeness (QED) is 0.214. The summed E-state index contributed by atoms with van der Waals surface area (Å²) in [4.78, 5) is 33.8. The van der Waals surface area contributed by atoms with E-state index in [2.05, 4.69) is 16.4 Å². The molecule has 0 saturated heterocycles. The predicted octanol–water partition coefficient (Wildman–Crippen LogP) is 6.97. The SMILES string of the molecule is CC(C)N(CC(=O)N(CCc1c[nH]c2ccccc12)Cc1ccc(F)cc1)C(=O)Nc1cccc2ccccc12. The number of anilines is 1. The van der Waals surface area contributed by atoms with Crippen LogP contribution in [-0.4, -0.2) is 45.9 Å². The Balaban J connectivity index is 1.34. The van der Waals surface area contributed by atoms with Crippen molar-refractivity contribution in [2.24, 2.45) is 0 Å². The lowest BCUT2D eigenvalue weighted by Gasteiger charge is -2.30. The molecule has 0 saturated carbocycles. The second-order valence-electron chi connectivity index (χ2n) is 10.2. The van der Waals surface area contributed by atoms with Gasteiger partial charge in [-0.05, 0) is 61.0 Å². The highest BCUT2D eigenvalue weighted by Gasteiger charge is 2.24. The maximum Gasteiger partial charge on any atom is 0.322 e. The van der Waals surface area contributed by atoms with Gasteiger partial charge in [-0.1, -0.05) is 66.7 Å². The molecule has 40 heavy (non-hydrogen) atoms. The van der Waals surface area contributed by atoms with Crippen LogP contribution in [0.5, 0.6) is 0 Å². The van der Waals surface area contributed by atoms with E-state index in [1.807, 2.05) is 80.7 Å². The first-order valence-electron chi connectivity index (χ1n) is 13.5. The van der Waals surface area contributed by atoms with Crippen LogP contribution >= 0.6 is 0 Å². The van der Waals surface area contributed by atoms with Crippen LogP contribution in [0.1, 0.15) is 25.0 Å². The molecular weight excluding hydrogens is 503 g/mol. The number of halogens is 1. The molecule has 1 aromatic heterocycles. The number of urea groups is 1. The number of fused-ring (bicyclic) bond motifs is 2. The van der Waals surface area contributed by atoms with Crippen molar-refractivity contribution >= 4 is 39.3 Å². The van der Waals surface area contributed by atoms with Gasteiger partial charge in [0.1, 0.15) is 12.4 Å². The molecule has 7 heteroatoms. The lowest BCUT2D eigenvalue weighted by Crippen LogP contribution is -2.47. The number of hydrogen-bond donors (Lipinski definition) is 2. The van der Waals surface area contributed by atoms with E-state index in [0.717, 1.165) is 32.8 Å². The third-order valence-electron chi connectivity index (χ3n) is 7.19. The first-order chi connectivity index (χ1) is 19.4. The first-order valence-corrected chi connectivity index (χ1v) is 13.5. The number of nitrogens with one attached hydrogen (secondary N) is 2. The molecule has 2 N–H and O–H groups in total. The zero-order chi connectivity index (χ0) is 28.1. The van der Waals surface area contributed by atoms with E-state index >= 15 is 0 Å². The van der Waals surface area contributed by atoms with Gasteiger partial charge in [0.25, 0.3) is 0 Å². The molecule has 4 aromatic carbocycles. The zero-order valence-electron chi connectivity index (χ0n) is 22.7. The van der Waals surface area contributed by atoms with Gasteiger partial charge in [-0.15, -0.1) is 0 Å². The number of carbonyl (C=O) groups excluding carboxylic acids is 2. The van der Waals surface area contributed by atoms with Gasteiger partial charge in [-0.25, -0.2) is 9.18 Å². The Morgan fingerprint density at radius 3 is 2.35 bits per heavy atom. The second kappa shape index (κ2) is 12.0. The van der Waals surface area contributed by atoms with Gasteiger partial charge in [0.2, 0.25) is 5.91 Å². The molecule has 0 aliphatic heterocycles. The van der Waals surface area contributed by atoms with E-state index < -0.39 is 0 Å². The summed E-state index contributed by atoms with van der Waals surface area (Å²) in [7, 11) is 0. The molecule has 5 aromatic rings. The summed E-state index contributed by atoms with van der Waals surface area (Å²) in [5.41, 5.74) is 3.68. The molecule has 0 radical (unpaired) electrons. The van der Waals surface area contributed by atoms with Crippen LogP contribution in [0.4, 0.5) is 14.9 Å². The number of hydrogen-bond acceptors (Lipinski definition) is 2. The minimum Gasteiger partial charge on any atom is -0.361 e. The molecule has 0 bridgehead atoms. The highest BCUT2D eigenvalue weighted by Crippen LogP contribution is 2.24. The average Bonchev–Trinajstić information content (AvgIpc) is 3.38. The van der Waals surface area contributed by atoms with Crippen molar-refractivity contribution in [1.29, 1.82) is 0 Å². The summed E-state index contributed by atoms with van der Waals surface area (Å²) in [6.07, 6.45) is 2.62. The third kappa shape index (κ3) is 6.15. The summed E-state index contributed by atoms with van der Waals surface area (Å²) in [6.45, 7) is 4.48. The number of rotatable bonds is 9. The standard InChI is InChI=1S/C33H33FN4O2/c1-23(2)38(33(40)36-31-13-7-9-25-8-3-4-10-28(25)31)22-32(39)37(21-24-14-16-27(34)17-15-24)19-18-26-20-35-30-12-6-5-11-29(26)30/h3-17,20,23,35H,18-19,21-22H2,1-2H3,(H,36,40). The van der Waals surface area contributed by atoms with Gasteiger partial charge in [0.05, 0.1) is 5.69 Å². The first kappa shape index (κ1) is 26.9. The molecular formula is C33H33FN4O2. The number of nitrogens with zero attached hydrogens (tertiary/aromatic N) is 2. The fourth-order valence-electron chi connectivity index (χ4n) is 4.95. The van der Waals surface area contributed by atoms with Crippen molar-refractivity contribution in [2.45, 2.75) is 32.9 Å². The molecule has 0 spiro atoms. The fourth-order valence-corrected chi connectivity index (χ4v) is 4.95. The molecule has 0 aliphatic carbocycles. The third-order valence-corrected chi connectivity index (χ3v) is 7.19. The number of carbonyl (C=O) groups is 2. The molecule has 0 aliphatic rings. The van der Waals surface area contributed by atoms with Crippen molar-refractivity contribution in [1.82, 2.24) is 14.8 Å². The van der Waals surface area contributed by atoms with Crippen LogP contribution < -0.4 is 5.32 Å². The Morgan fingerprint density at radius 1 is 0.875 bits per heavy atom. The molecule has 0 unspecified atom stereocenters. The van der Waals surface area contributed by atoms with E-state index in [1.165, 1.54) is 12.1 Å². The van der Waals surface area contributed by atoms with E-state index in [9.17, 15) is 14.0 Å². The topological polar surface area (TPSA) is 68.4 Å². The normalized spacial score (nSPS) is 11.2. The Morgan fingerprint density at radius 2 is 1.57 bits per heavy atom. The smallest absolute Gasteiger partial charge is 0.322 e. The van der Waals surface area contributed by atoms with E-state index in [-0.39, 0.29) is 30.3 Å². The van der Waals surface area contributed by atoms with E-state index in [4.69, 9.17) is 0 Å². The summed E-state index contributed by atoms with van der Waals surface area (Å²) in [5.74, 6) is -0.498. The van der Waals surface area contributed by atoms with Gasteiger partial charge < -0.3 is 20.1 Å². The fraction of sp³-hybridized carbons (Fsp3) is 0.212. The van der Waals surface area contributed by atoms with Crippen LogP contribution in [0.2, 0.25) is 0 Å². The maximum absolute atomic E-state index is 13.7. The van der Waals surface area contributed by atoms with Crippen LogP contribution in [0.25, 0.3) is 21.7 Å². The molecule has 0 fully saturated rings. The Bertz CT molecular complexity index is 1620. The lowest BCUT2D eigenvalue weighted by molar-refractivity contribution is -0.132. The van der Waals surface area contributed by atoms with Crippen LogP contribution in [0.15, 0.2) is 97.2 Å². The number of amides is 3. The van der Waals surface area contributed by atoms with Crippen LogP contribution in [-0.2, 0) is 17.8 Å². The molecule has 5 rings (SSSR count). The predicted molar refractivity (Wildman–Crippen MR) is 159 cm³/mol. The molecule has 204 valence electrons. The molecule has 1 heterocycles. The minimum atomic E-state index is -0.335. The van der Waals surface area contributed by atoms with Gasteiger partial charge in [-0.3, -0.25) is 4.79 Å². The Kier molecular flexibility index (Phi) is 8.10. The average molecular weight is 537 g/mol. The summed E-state index contributed by atoms with van der Waals surface area (Å²) >= 11 is 0. The summed E-state index contributed by atoms with van der Waals surface area (Å²) in [5, 5.41) is 6.09. The largest absolute Gasteiger partial charge is 0.361 e. The van der Waals surface area contributed by atoms with Crippen molar-refractivity contribution in [3.05, 3.63) is 114 Å². The van der Waals surface area contributed by atoms with Gasteiger partial charge in [-0.2, -0.15) is 0 Å². The van der Waals surface area contributed by atoms with Crippen molar-refractivity contribution < 1.29 is 14.0 Å². The number of para-hydroxylation sites is 1. The van der Waals surface area contributed by atoms with E-state index in [1.54, 1.807) is 21.9 Å². The second-order valence-corrected chi connectivity index (χ2v) is 10.2. The zero-order valence-corrected chi connectivity index (χ0v) is 22.7. The molecule has 0 atom stereocenters. The van der Waals surface area contributed by atoms with Crippen molar-refractivity contribution in [3.8, 4) is 0 Å². The monoisotopic (exact) mass is 536 g/mol. The Hall–Kier alpha value is -4.65. The summed E-state index contributed by atoms with van der Waals surface area (Å²) in [6, 6.07) is 27.3. The van der Waals surface area contributed by atoms with Crippen LogP contribution in [0.3, 0.4) is 0 Å². The van der Waals surface area contributed by atoms with Crippen molar-refractivity contribution in [2.75, 3.05) is 18.4 Å². The van der Waals surface area contributed by atoms with Gasteiger partial charge in [0.15, 0.2) is 0 Å². The highest BCUT2D eigenvalue weighted by molar-refractivity contribution is 6.02. The van der Waals surface area contributed by atoms with Crippen molar-refractivity contribution in [3.63, 3.8) is 0 Å². The number of aromatic amines is 1. The maximum atomic E-state index is 13.7. The number of aromatic nitrogens is 1.